The highest BCUT2D eigenvalue weighted by atomic mass is 19.1. The fourth-order valence-electron chi connectivity index (χ4n) is 1.82. The van der Waals surface area contributed by atoms with Crippen molar-refractivity contribution in [2.24, 2.45) is 5.73 Å². The van der Waals surface area contributed by atoms with Crippen molar-refractivity contribution in [1.29, 1.82) is 0 Å². The lowest BCUT2D eigenvalue weighted by atomic mass is 10.1. The number of amides is 1. The molecular formula is C13H19FN2O2. The Bertz CT molecular complexity index is 404. The van der Waals surface area contributed by atoms with Gasteiger partial charge in [0.1, 0.15) is 5.82 Å². The Morgan fingerprint density at radius 1 is 1.44 bits per heavy atom. The van der Waals surface area contributed by atoms with Crippen LogP contribution in [0.4, 0.5) is 4.39 Å². The van der Waals surface area contributed by atoms with Crippen molar-refractivity contribution in [3.05, 3.63) is 35.1 Å². The van der Waals surface area contributed by atoms with Crippen LogP contribution in [0.5, 0.6) is 0 Å². The van der Waals surface area contributed by atoms with E-state index in [0.29, 0.717) is 24.2 Å². The van der Waals surface area contributed by atoms with E-state index in [4.69, 9.17) is 10.8 Å². The number of aliphatic hydroxyl groups excluding tert-OH is 1. The number of hydrogen-bond acceptors (Lipinski definition) is 3. The molecule has 18 heavy (non-hydrogen) atoms. The van der Waals surface area contributed by atoms with Crippen molar-refractivity contribution >= 4 is 5.91 Å². The highest BCUT2D eigenvalue weighted by Gasteiger charge is 2.11. The van der Waals surface area contributed by atoms with Crippen LogP contribution in [0.3, 0.4) is 0 Å². The number of nitrogens with two attached hydrogens (primary N) is 1. The van der Waals surface area contributed by atoms with Crippen LogP contribution < -0.4 is 5.73 Å². The molecule has 0 aliphatic heterocycles. The van der Waals surface area contributed by atoms with Crippen LogP contribution >= 0.6 is 0 Å². The number of hydrogen-bond donors (Lipinski definition) is 2. The second-order valence-corrected chi connectivity index (χ2v) is 4.17. The summed E-state index contributed by atoms with van der Waals surface area (Å²) >= 11 is 0. The third-order valence-electron chi connectivity index (χ3n) is 2.68. The predicted octanol–water partition coefficient (Wildman–Crippen LogP) is 1.13. The minimum Gasteiger partial charge on any atom is -0.395 e. The van der Waals surface area contributed by atoms with Crippen LogP contribution in [0.2, 0.25) is 0 Å². The summed E-state index contributed by atoms with van der Waals surface area (Å²) in [6.07, 6.45) is 0.914. The Morgan fingerprint density at radius 3 is 2.72 bits per heavy atom. The maximum Gasteiger partial charge on any atom is 0.248 e. The van der Waals surface area contributed by atoms with E-state index in [1.807, 2.05) is 11.8 Å². The average molecular weight is 254 g/mol. The first-order valence-electron chi connectivity index (χ1n) is 6.00. The van der Waals surface area contributed by atoms with Crippen LogP contribution in [0.25, 0.3) is 0 Å². The summed E-state index contributed by atoms with van der Waals surface area (Å²) in [6, 6.07) is 4.09. The Kier molecular flexibility index (Phi) is 5.74. The SMILES string of the molecule is CCCN(CCO)Cc1cc(C(N)=O)ccc1F. The molecule has 0 saturated carbocycles. The highest BCUT2D eigenvalue weighted by molar-refractivity contribution is 5.92. The fourth-order valence-corrected chi connectivity index (χ4v) is 1.82. The number of aliphatic hydroxyl groups is 1. The summed E-state index contributed by atoms with van der Waals surface area (Å²) in [5.74, 6) is -0.931. The second kappa shape index (κ2) is 7.08. The van der Waals surface area contributed by atoms with Crippen LogP contribution in [0.1, 0.15) is 29.3 Å². The summed E-state index contributed by atoms with van der Waals surface area (Å²) in [7, 11) is 0. The van der Waals surface area contributed by atoms with Gasteiger partial charge in [-0.05, 0) is 31.2 Å². The molecule has 0 radical (unpaired) electrons. The van der Waals surface area contributed by atoms with E-state index in [1.165, 1.54) is 18.2 Å². The van der Waals surface area contributed by atoms with Crippen molar-refractivity contribution in [2.75, 3.05) is 19.7 Å². The number of carbonyl (C=O) groups is 1. The topological polar surface area (TPSA) is 66.6 Å². The molecule has 5 heteroatoms. The Morgan fingerprint density at radius 2 is 2.17 bits per heavy atom. The Balaban J connectivity index is 2.86. The van der Waals surface area contributed by atoms with Gasteiger partial charge in [-0.2, -0.15) is 0 Å². The van der Waals surface area contributed by atoms with Gasteiger partial charge in [-0.25, -0.2) is 4.39 Å². The van der Waals surface area contributed by atoms with Gasteiger partial charge in [0.25, 0.3) is 0 Å². The molecule has 1 aromatic carbocycles. The summed E-state index contributed by atoms with van der Waals surface area (Å²) < 4.78 is 13.6. The Labute approximate surface area is 106 Å². The van der Waals surface area contributed by atoms with Crippen molar-refractivity contribution in [3.8, 4) is 0 Å². The highest BCUT2D eigenvalue weighted by Crippen LogP contribution is 2.13. The normalized spacial score (nSPS) is 10.9. The summed E-state index contributed by atoms with van der Waals surface area (Å²) in [5, 5.41) is 8.94. The minimum absolute atomic E-state index is 0.0249. The van der Waals surface area contributed by atoms with Crippen molar-refractivity contribution in [3.63, 3.8) is 0 Å². The van der Waals surface area contributed by atoms with E-state index in [2.05, 4.69) is 0 Å². The van der Waals surface area contributed by atoms with E-state index in [-0.39, 0.29) is 12.4 Å². The quantitative estimate of drug-likeness (QED) is 0.766. The zero-order valence-corrected chi connectivity index (χ0v) is 10.5. The lowest BCUT2D eigenvalue weighted by Crippen LogP contribution is -2.28. The van der Waals surface area contributed by atoms with Gasteiger partial charge in [0.2, 0.25) is 5.91 Å². The zero-order valence-electron chi connectivity index (χ0n) is 10.5. The van der Waals surface area contributed by atoms with Gasteiger partial charge in [0.05, 0.1) is 6.61 Å². The van der Waals surface area contributed by atoms with Crippen LogP contribution in [0, 0.1) is 5.82 Å². The van der Waals surface area contributed by atoms with E-state index < -0.39 is 5.91 Å². The molecule has 4 nitrogen and oxygen atoms in total. The van der Waals surface area contributed by atoms with Gasteiger partial charge in [0.15, 0.2) is 0 Å². The largest absolute Gasteiger partial charge is 0.395 e. The van der Waals surface area contributed by atoms with Gasteiger partial charge in [0, 0.05) is 24.2 Å². The lowest BCUT2D eigenvalue weighted by Gasteiger charge is -2.21. The molecule has 0 aliphatic carbocycles. The minimum atomic E-state index is -0.569. The molecular weight excluding hydrogens is 235 g/mol. The monoisotopic (exact) mass is 254 g/mol. The fraction of sp³-hybridized carbons (Fsp3) is 0.462. The van der Waals surface area contributed by atoms with Gasteiger partial charge in [-0.3, -0.25) is 9.69 Å². The summed E-state index contributed by atoms with van der Waals surface area (Å²) in [5.41, 5.74) is 5.89. The van der Waals surface area contributed by atoms with E-state index in [9.17, 15) is 9.18 Å². The molecule has 0 heterocycles. The maximum atomic E-state index is 13.6. The number of nitrogens with zero attached hydrogens (tertiary/aromatic N) is 1. The summed E-state index contributed by atoms with van der Waals surface area (Å²) in [6.45, 7) is 3.65. The molecule has 1 rings (SSSR count). The van der Waals surface area contributed by atoms with E-state index >= 15 is 0 Å². The van der Waals surface area contributed by atoms with Gasteiger partial charge >= 0.3 is 0 Å². The molecule has 0 fully saturated rings. The number of benzene rings is 1. The molecule has 1 aromatic rings. The molecule has 3 N–H and O–H groups in total. The molecule has 0 aromatic heterocycles. The van der Waals surface area contributed by atoms with Crippen LogP contribution in [0.15, 0.2) is 18.2 Å². The second-order valence-electron chi connectivity index (χ2n) is 4.17. The Hall–Kier alpha value is -1.46. The molecule has 0 unspecified atom stereocenters. The predicted molar refractivity (Wildman–Crippen MR) is 67.6 cm³/mol. The van der Waals surface area contributed by atoms with Gasteiger partial charge < -0.3 is 10.8 Å². The van der Waals surface area contributed by atoms with Gasteiger partial charge in [-0.1, -0.05) is 6.92 Å². The molecule has 0 spiro atoms. The first kappa shape index (κ1) is 14.6. The molecule has 0 atom stereocenters. The number of rotatable bonds is 7. The molecule has 0 aliphatic rings. The van der Waals surface area contributed by atoms with Crippen molar-refractivity contribution in [1.82, 2.24) is 4.90 Å². The number of carbonyl (C=O) groups excluding carboxylic acids is 1. The lowest BCUT2D eigenvalue weighted by molar-refractivity contribution is 0.1000. The third kappa shape index (κ3) is 4.09. The van der Waals surface area contributed by atoms with Crippen molar-refractivity contribution < 1.29 is 14.3 Å². The van der Waals surface area contributed by atoms with Crippen LogP contribution in [-0.2, 0) is 6.54 Å². The molecule has 1 amide bonds. The maximum absolute atomic E-state index is 13.6. The van der Waals surface area contributed by atoms with Gasteiger partial charge in [-0.15, -0.1) is 0 Å². The smallest absolute Gasteiger partial charge is 0.248 e. The third-order valence-corrected chi connectivity index (χ3v) is 2.68. The molecule has 100 valence electrons. The van der Waals surface area contributed by atoms with E-state index in [0.717, 1.165) is 13.0 Å². The molecule has 0 saturated heterocycles. The van der Waals surface area contributed by atoms with Crippen molar-refractivity contribution in [2.45, 2.75) is 19.9 Å². The standard InChI is InChI=1S/C13H19FN2O2/c1-2-5-16(6-7-17)9-11-8-10(13(15)18)3-4-12(11)14/h3-4,8,17H,2,5-7,9H2,1H3,(H2,15,18). The average Bonchev–Trinajstić information content (AvgIpc) is 2.32. The first-order chi connectivity index (χ1) is 8.58. The first-order valence-corrected chi connectivity index (χ1v) is 6.00. The zero-order chi connectivity index (χ0) is 13.5. The van der Waals surface area contributed by atoms with Crippen LogP contribution in [-0.4, -0.2) is 35.6 Å². The number of halogens is 1. The molecule has 0 bridgehead atoms. The number of primary amides is 1. The summed E-state index contributed by atoms with van der Waals surface area (Å²) in [4.78, 5) is 13.0. The van der Waals surface area contributed by atoms with E-state index in [1.54, 1.807) is 0 Å².